The van der Waals surface area contributed by atoms with Gasteiger partial charge in [-0.25, -0.2) is 0 Å². The second-order valence-corrected chi connectivity index (χ2v) is 4.41. The van der Waals surface area contributed by atoms with Gasteiger partial charge in [0.25, 0.3) is 0 Å². The molecule has 1 fully saturated rings. The van der Waals surface area contributed by atoms with Crippen LogP contribution in [0.15, 0.2) is 0 Å². The Balaban J connectivity index is 2.44. The molecule has 0 amide bonds. The first-order chi connectivity index (χ1) is 7.29. The Kier molecular flexibility index (Phi) is 6.22. The molecule has 0 saturated carbocycles. The quantitative estimate of drug-likeness (QED) is 0.725. The van der Waals surface area contributed by atoms with Crippen molar-refractivity contribution in [3.05, 3.63) is 0 Å². The van der Waals surface area contributed by atoms with Gasteiger partial charge in [0.1, 0.15) is 0 Å². The molecule has 1 aliphatic rings. The predicted octanol–water partition coefficient (Wildman–Crippen LogP) is 1.49. The molecule has 1 aliphatic heterocycles. The first kappa shape index (κ1) is 12.9. The summed E-state index contributed by atoms with van der Waals surface area (Å²) < 4.78 is 5.48. The highest BCUT2D eigenvalue weighted by atomic mass is 16.5. The number of likely N-dealkylation sites (N-methyl/N-ethyl adjacent to an activating group) is 1. The maximum Gasteiger partial charge on any atom is 0.0619 e. The van der Waals surface area contributed by atoms with Gasteiger partial charge in [-0.2, -0.15) is 0 Å². The maximum atomic E-state index is 5.48. The van der Waals surface area contributed by atoms with Gasteiger partial charge in [0.15, 0.2) is 0 Å². The molecule has 3 heteroatoms. The fraction of sp³-hybridized carbons (Fsp3) is 1.00. The Hall–Kier alpha value is -0.120. The summed E-state index contributed by atoms with van der Waals surface area (Å²) in [5.41, 5.74) is 0. The average molecular weight is 214 g/mol. The molecule has 0 aromatic heterocycles. The summed E-state index contributed by atoms with van der Waals surface area (Å²) in [4.78, 5) is 2.61. The van der Waals surface area contributed by atoms with Gasteiger partial charge in [0.2, 0.25) is 0 Å². The number of hydrogen-bond acceptors (Lipinski definition) is 3. The van der Waals surface area contributed by atoms with Crippen LogP contribution in [0.3, 0.4) is 0 Å². The molecule has 0 aromatic rings. The molecule has 0 aromatic carbocycles. The molecular weight excluding hydrogens is 188 g/mol. The van der Waals surface area contributed by atoms with Crippen LogP contribution < -0.4 is 5.32 Å². The molecule has 1 rings (SSSR count). The molecule has 0 radical (unpaired) electrons. The number of morpholine rings is 1. The lowest BCUT2D eigenvalue weighted by Gasteiger charge is -2.39. The third-order valence-corrected chi connectivity index (χ3v) is 3.14. The summed E-state index contributed by atoms with van der Waals surface area (Å²) >= 11 is 0. The zero-order valence-corrected chi connectivity index (χ0v) is 10.5. The lowest BCUT2D eigenvalue weighted by molar-refractivity contribution is -0.0233. The van der Waals surface area contributed by atoms with Crippen molar-refractivity contribution in [2.75, 3.05) is 32.8 Å². The smallest absolute Gasteiger partial charge is 0.0619 e. The Morgan fingerprint density at radius 3 is 2.87 bits per heavy atom. The molecule has 0 aliphatic carbocycles. The van der Waals surface area contributed by atoms with Crippen molar-refractivity contribution in [2.24, 2.45) is 0 Å². The first-order valence-corrected chi connectivity index (χ1v) is 6.33. The van der Waals surface area contributed by atoms with E-state index < -0.39 is 0 Å². The minimum Gasteiger partial charge on any atom is -0.379 e. The van der Waals surface area contributed by atoms with Crippen molar-refractivity contribution >= 4 is 0 Å². The topological polar surface area (TPSA) is 24.5 Å². The van der Waals surface area contributed by atoms with Crippen molar-refractivity contribution < 1.29 is 4.74 Å². The monoisotopic (exact) mass is 214 g/mol. The number of ether oxygens (including phenoxy) is 1. The number of nitrogens with one attached hydrogen (secondary N) is 1. The molecule has 0 bridgehead atoms. The van der Waals surface area contributed by atoms with Crippen molar-refractivity contribution in [2.45, 2.75) is 45.7 Å². The van der Waals surface area contributed by atoms with Crippen LogP contribution in [-0.2, 0) is 4.74 Å². The Bertz CT molecular complexity index is 164. The fourth-order valence-electron chi connectivity index (χ4n) is 2.31. The van der Waals surface area contributed by atoms with Crippen LogP contribution in [0.25, 0.3) is 0 Å². The SMILES string of the molecule is CCCC(CNCC)N1CCOCC1C. The van der Waals surface area contributed by atoms with Gasteiger partial charge in [-0.1, -0.05) is 20.3 Å². The van der Waals surface area contributed by atoms with Gasteiger partial charge in [0.05, 0.1) is 13.2 Å². The predicted molar refractivity (Wildman–Crippen MR) is 64.2 cm³/mol. The number of nitrogens with zero attached hydrogens (tertiary/aromatic N) is 1. The van der Waals surface area contributed by atoms with E-state index in [1.807, 2.05) is 0 Å². The third kappa shape index (κ3) is 4.09. The fourth-order valence-corrected chi connectivity index (χ4v) is 2.31. The lowest BCUT2D eigenvalue weighted by Crippen LogP contribution is -2.52. The van der Waals surface area contributed by atoms with E-state index in [0.29, 0.717) is 12.1 Å². The lowest BCUT2D eigenvalue weighted by atomic mass is 10.1. The van der Waals surface area contributed by atoms with Crippen molar-refractivity contribution in [3.8, 4) is 0 Å². The van der Waals surface area contributed by atoms with Crippen LogP contribution in [-0.4, -0.2) is 49.8 Å². The highest BCUT2D eigenvalue weighted by molar-refractivity contribution is 4.80. The molecule has 2 atom stereocenters. The van der Waals surface area contributed by atoms with E-state index in [1.54, 1.807) is 0 Å². The van der Waals surface area contributed by atoms with E-state index in [-0.39, 0.29) is 0 Å². The van der Waals surface area contributed by atoms with Gasteiger partial charge in [-0.05, 0) is 19.9 Å². The van der Waals surface area contributed by atoms with Crippen molar-refractivity contribution in [1.29, 1.82) is 0 Å². The van der Waals surface area contributed by atoms with Crippen LogP contribution in [0, 0.1) is 0 Å². The standard InChI is InChI=1S/C12H26N2O/c1-4-6-12(9-13-5-2)14-7-8-15-10-11(14)3/h11-13H,4-10H2,1-3H3. The van der Waals surface area contributed by atoms with Gasteiger partial charge < -0.3 is 10.1 Å². The van der Waals surface area contributed by atoms with E-state index in [4.69, 9.17) is 4.74 Å². The van der Waals surface area contributed by atoms with Gasteiger partial charge in [0, 0.05) is 25.2 Å². The van der Waals surface area contributed by atoms with E-state index >= 15 is 0 Å². The molecule has 15 heavy (non-hydrogen) atoms. The largest absolute Gasteiger partial charge is 0.379 e. The average Bonchev–Trinajstić information content (AvgIpc) is 2.25. The molecule has 3 nitrogen and oxygen atoms in total. The van der Waals surface area contributed by atoms with E-state index in [2.05, 4.69) is 31.0 Å². The Morgan fingerprint density at radius 2 is 2.27 bits per heavy atom. The van der Waals surface area contributed by atoms with Crippen LogP contribution >= 0.6 is 0 Å². The third-order valence-electron chi connectivity index (χ3n) is 3.14. The zero-order valence-electron chi connectivity index (χ0n) is 10.5. The van der Waals surface area contributed by atoms with Gasteiger partial charge in [-0.3, -0.25) is 4.90 Å². The minimum atomic E-state index is 0.578. The van der Waals surface area contributed by atoms with Crippen molar-refractivity contribution in [1.82, 2.24) is 10.2 Å². The van der Waals surface area contributed by atoms with Gasteiger partial charge in [-0.15, -0.1) is 0 Å². The summed E-state index contributed by atoms with van der Waals surface area (Å²) in [5.74, 6) is 0. The summed E-state index contributed by atoms with van der Waals surface area (Å²) in [6.45, 7) is 11.8. The molecule has 0 spiro atoms. The van der Waals surface area contributed by atoms with Crippen LogP contribution in [0.5, 0.6) is 0 Å². The molecule has 1 heterocycles. The second-order valence-electron chi connectivity index (χ2n) is 4.41. The summed E-state index contributed by atoms with van der Waals surface area (Å²) in [7, 11) is 0. The van der Waals surface area contributed by atoms with Gasteiger partial charge >= 0.3 is 0 Å². The summed E-state index contributed by atoms with van der Waals surface area (Å²) in [6.07, 6.45) is 2.55. The van der Waals surface area contributed by atoms with Crippen molar-refractivity contribution in [3.63, 3.8) is 0 Å². The molecule has 1 N–H and O–H groups in total. The second kappa shape index (κ2) is 7.20. The molecule has 1 saturated heterocycles. The van der Waals surface area contributed by atoms with E-state index in [1.165, 1.54) is 12.8 Å². The molecule has 90 valence electrons. The first-order valence-electron chi connectivity index (χ1n) is 6.33. The van der Waals surface area contributed by atoms with Crippen LogP contribution in [0.2, 0.25) is 0 Å². The summed E-state index contributed by atoms with van der Waals surface area (Å²) in [5, 5.41) is 3.47. The number of hydrogen-bond donors (Lipinski definition) is 1. The highest BCUT2D eigenvalue weighted by Crippen LogP contribution is 2.14. The Labute approximate surface area is 94.2 Å². The van der Waals surface area contributed by atoms with Crippen LogP contribution in [0.4, 0.5) is 0 Å². The van der Waals surface area contributed by atoms with E-state index in [9.17, 15) is 0 Å². The maximum absolute atomic E-state index is 5.48. The summed E-state index contributed by atoms with van der Waals surface area (Å²) in [6, 6.07) is 1.27. The minimum absolute atomic E-state index is 0.578. The zero-order chi connectivity index (χ0) is 11.1. The highest BCUT2D eigenvalue weighted by Gasteiger charge is 2.25. The normalized spacial score (nSPS) is 25.4. The number of rotatable bonds is 6. The molecule has 2 unspecified atom stereocenters. The Morgan fingerprint density at radius 1 is 1.47 bits per heavy atom. The van der Waals surface area contributed by atoms with Crippen LogP contribution in [0.1, 0.15) is 33.6 Å². The van der Waals surface area contributed by atoms with E-state index in [0.717, 1.165) is 32.8 Å². The molecular formula is C12H26N2O.